The first-order chi connectivity index (χ1) is 7.75. The molecule has 3 nitrogen and oxygen atoms in total. The molecule has 0 aromatic carbocycles. The quantitative estimate of drug-likeness (QED) is 0.898. The Kier molecular flexibility index (Phi) is 5.72. The van der Waals surface area contributed by atoms with Gasteiger partial charge in [0.05, 0.1) is 0 Å². The van der Waals surface area contributed by atoms with E-state index in [2.05, 4.69) is 35.2 Å². The van der Waals surface area contributed by atoms with Gasteiger partial charge < -0.3 is 10.2 Å². The highest BCUT2D eigenvalue weighted by Gasteiger charge is 2.15. The molecule has 4 heteroatoms. The lowest BCUT2D eigenvalue weighted by molar-refractivity contribution is 0.380. The first-order valence-electron chi connectivity index (χ1n) is 6.10. The molecule has 96 valence electrons. The van der Waals surface area contributed by atoms with Crippen molar-refractivity contribution in [1.29, 1.82) is 0 Å². The summed E-state index contributed by atoms with van der Waals surface area (Å²) in [6, 6.07) is 4.19. The van der Waals surface area contributed by atoms with E-state index < -0.39 is 0 Å². The molecule has 1 aromatic rings. The SMILES string of the molecule is Cc1ccnc(N(C)CC2CCCNC2)c1.Cl. The fraction of sp³-hybridized carbons (Fsp3) is 0.615. The molecule has 1 aromatic heterocycles. The van der Waals surface area contributed by atoms with Crippen LogP contribution in [0.3, 0.4) is 0 Å². The van der Waals surface area contributed by atoms with E-state index in [1.807, 2.05) is 12.3 Å². The summed E-state index contributed by atoms with van der Waals surface area (Å²) >= 11 is 0. The van der Waals surface area contributed by atoms with Gasteiger partial charge in [0, 0.05) is 19.8 Å². The molecule has 0 radical (unpaired) electrons. The van der Waals surface area contributed by atoms with Crippen LogP contribution in [-0.4, -0.2) is 31.7 Å². The van der Waals surface area contributed by atoms with Gasteiger partial charge in [-0.3, -0.25) is 0 Å². The summed E-state index contributed by atoms with van der Waals surface area (Å²) in [5.41, 5.74) is 1.28. The number of hydrogen-bond acceptors (Lipinski definition) is 3. The Morgan fingerprint density at radius 1 is 1.53 bits per heavy atom. The molecule has 1 N–H and O–H groups in total. The number of hydrogen-bond donors (Lipinski definition) is 1. The zero-order valence-electron chi connectivity index (χ0n) is 10.6. The second kappa shape index (κ2) is 6.82. The molecule has 0 aliphatic carbocycles. The Morgan fingerprint density at radius 3 is 3.00 bits per heavy atom. The minimum Gasteiger partial charge on any atom is -0.359 e. The maximum Gasteiger partial charge on any atom is 0.128 e. The molecule has 1 unspecified atom stereocenters. The molecule has 0 bridgehead atoms. The van der Waals surface area contributed by atoms with Crippen LogP contribution in [0.4, 0.5) is 5.82 Å². The Labute approximate surface area is 110 Å². The van der Waals surface area contributed by atoms with Crippen LogP contribution in [0, 0.1) is 12.8 Å². The average Bonchev–Trinajstić information content (AvgIpc) is 2.30. The zero-order chi connectivity index (χ0) is 11.4. The van der Waals surface area contributed by atoms with Gasteiger partial charge in [0.15, 0.2) is 0 Å². The lowest BCUT2D eigenvalue weighted by Crippen LogP contribution is -2.37. The van der Waals surface area contributed by atoms with Crippen molar-refractivity contribution >= 4 is 18.2 Å². The Morgan fingerprint density at radius 2 is 2.35 bits per heavy atom. The van der Waals surface area contributed by atoms with Crippen molar-refractivity contribution in [2.24, 2.45) is 5.92 Å². The molecular formula is C13H22ClN3. The van der Waals surface area contributed by atoms with Crippen LogP contribution in [-0.2, 0) is 0 Å². The Balaban J connectivity index is 0.00000144. The lowest BCUT2D eigenvalue weighted by atomic mass is 9.99. The first kappa shape index (κ1) is 14.3. The van der Waals surface area contributed by atoms with Crippen molar-refractivity contribution in [3.63, 3.8) is 0 Å². The largest absolute Gasteiger partial charge is 0.359 e. The number of piperidine rings is 1. The second-order valence-corrected chi connectivity index (χ2v) is 4.78. The van der Waals surface area contributed by atoms with Crippen molar-refractivity contribution in [3.8, 4) is 0 Å². The van der Waals surface area contributed by atoms with Crippen molar-refractivity contribution in [2.75, 3.05) is 31.6 Å². The number of rotatable bonds is 3. The van der Waals surface area contributed by atoms with Crippen LogP contribution >= 0.6 is 12.4 Å². The number of nitrogens with zero attached hydrogens (tertiary/aromatic N) is 2. The minimum atomic E-state index is 0. The number of aryl methyl sites for hydroxylation is 1. The van der Waals surface area contributed by atoms with Gasteiger partial charge in [-0.15, -0.1) is 12.4 Å². The van der Waals surface area contributed by atoms with Gasteiger partial charge in [-0.1, -0.05) is 0 Å². The summed E-state index contributed by atoms with van der Waals surface area (Å²) in [5, 5.41) is 3.46. The summed E-state index contributed by atoms with van der Waals surface area (Å²) < 4.78 is 0. The highest BCUT2D eigenvalue weighted by atomic mass is 35.5. The van der Waals surface area contributed by atoms with Gasteiger partial charge in [-0.05, 0) is 56.5 Å². The lowest BCUT2D eigenvalue weighted by Gasteiger charge is -2.28. The van der Waals surface area contributed by atoms with Gasteiger partial charge in [0.1, 0.15) is 5.82 Å². The van der Waals surface area contributed by atoms with Gasteiger partial charge in [-0.2, -0.15) is 0 Å². The minimum absolute atomic E-state index is 0. The summed E-state index contributed by atoms with van der Waals surface area (Å²) in [7, 11) is 2.14. The molecule has 0 saturated carbocycles. The monoisotopic (exact) mass is 255 g/mol. The fourth-order valence-corrected chi connectivity index (χ4v) is 2.29. The predicted molar refractivity (Wildman–Crippen MR) is 75.1 cm³/mol. The van der Waals surface area contributed by atoms with E-state index in [0.29, 0.717) is 0 Å². The standard InChI is InChI=1S/C13H21N3.ClH/c1-11-5-7-15-13(8-11)16(2)10-12-4-3-6-14-9-12;/h5,7-8,12,14H,3-4,6,9-10H2,1-2H3;1H. The molecule has 1 fully saturated rings. The number of nitrogens with one attached hydrogen (secondary N) is 1. The molecule has 0 amide bonds. The maximum atomic E-state index is 4.41. The fourth-order valence-electron chi connectivity index (χ4n) is 2.29. The molecule has 2 rings (SSSR count). The average molecular weight is 256 g/mol. The van der Waals surface area contributed by atoms with Gasteiger partial charge >= 0.3 is 0 Å². The van der Waals surface area contributed by atoms with E-state index >= 15 is 0 Å². The third kappa shape index (κ3) is 4.17. The number of halogens is 1. The van der Waals surface area contributed by atoms with Crippen LogP contribution in [0.15, 0.2) is 18.3 Å². The van der Waals surface area contributed by atoms with E-state index in [1.54, 1.807) is 0 Å². The number of pyridine rings is 1. The third-order valence-electron chi connectivity index (χ3n) is 3.22. The Hall–Kier alpha value is -0.800. The third-order valence-corrected chi connectivity index (χ3v) is 3.22. The van der Waals surface area contributed by atoms with Gasteiger partial charge in [0.2, 0.25) is 0 Å². The van der Waals surface area contributed by atoms with Crippen molar-refractivity contribution in [3.05, 3.63) is 23.9 Å². The molecule has 1 aliphatic rings. The van der Waals surface area contributed by atoms with Gasteiger partial charge in [-0.25, -0.2) is 4.98 Å². The van der Waals surface area contributed by atoms with Crippen molar-refractivity contribution in [1.82, 2.24) is 10.3 Å². The number of anilines is 1. The molecule has 1 atom stereocenters. The van der Waals surface area contributed by atoms with Crippen LogP contribution in [0.5, 0.6) is 0 Å². The highest BCUT2D eigenvalue weighted by Crippen LogP contribution is 2.16. The molecule has 1 aliphatic heterocycles. The van der Waals surface area contributed by atoms with Crippen LogP contribution in [0.1, 0.15) is 18.4 Å². The first-order valence-corrected chi connectivity index (χ1v) is 6.10. The normalized spacial score (nSPS) is 19.5. The highest BCUT2D eigenvalue weighted by molar-refractivity contribution is 5.85. The predicted octanol–water partition coefficient (Wildman–Crippen LogP) is 2.25. The summed E-state index contributed by atoms with van der Waals surface area (Å²) in [4.78, 5) is 6.68. The van der Waals surface area contributed by atoms with Crippen molar-refractivity contribution < 1.29 is 0 Å². The molecule has 1 saturated heterocycles. The summed E-state index contributed by atoms with van der Waals surface area (Å²) in [6.45, 7) is 5.55. The zero-order valence-corrected chi connectivity index (χ0v) is 11.5. The molecule has 17 heavy (non-hydrogen) atoms. The summed E-state index contributed by atoms with van der Waals surface area (Å²) in [6.07, 6.45) is 4.53. The Bertz CT molecular complexity index is 337. The van der Waals surface area contributed by atoms with E-state index in [-0.39, 0.29) is 12.4 Å². The van der Waals surface area contributed by atoms with E-state index in [9.17, 15) is 0 Å². The van der Waals surface area contributed by atoms with E-state index in [0.717, 1.165) is 24.8 Å². The molecule has 2 heterocycles. The maximum absolute atomic E-state index is 4.41. The smallest absolute Gasteiger partial charge is 0.128 e. The summed E-state index contributed by atoms with van der Waals surface area (Å²) in [5.74, 6) is 1.85. The van der Waals surface area contributed by atoms with E-state index in [1.165, 1.54) is 24.9 Å². The topological polar surface area (TPSA) is 28.2 Å². The molecule has 0 spiro atoms. The molecular weight excluding hydrogens is 234 g/mol. The second-order valence-electron chi connectivity index (χ2n) is 4.78. The van der Waals surface area contributed by atoms with Crippen molar-refractivity contribution in [2.45, 2.75) is 19.8 Å². The number of aromatic nitrogens is 1. The van der Waals surface area contributed by atoms with E-state index in [4.69, 9.17) is 0 Å². The van der Waals surface area contributed by atoms with Crippen LogP contribution in [0.25, 0.3) is 0 Å². The van der Waals surface area contributed by atoms with Crippen LogP contribution < -0.4 is 10.2 Å². The van der Waals surface area contributed by atoms with Crippen LogP contribution in [0.2, 0.25) is 0 Å². The van der Waals surface area contributed by atoms with Gasteiger partial charge in [0.25, 0.3) is 0 Å².